The number of hydrogen-bond acceptors (Lipinski definition) is 6. The number of alkyl halides is 3. The minimum Gasteiger partial charge on any atom is -0.486 e. The lowest BCUT2D eigenvalue weighted by atomic mass is 10.0. The number of aliphatic imine (C=N–C) groups is 1. The summed E-state index contributed by atoms with van der Waals surface area (Å²) in [6.45, 7) is 4.08. The highest BCUT2D eigenvalue weighted by Crippen LogP contribution is 2.30. The molecule has 0 atom stereocenters. The molecular weight excluding hydrogens is 531 g/mol. The number of fused-ring (bicyclic) bond motifs is 1. The number of rotatable bonds is 8. The number of hydrogen-bond donors (Lipinski definition) is 1. The average Bonchev–Trinajstić information content (AvgIpc) is 2.88. The van der Waals surface area contributed by atoms with Gasteiger partial charge in [-0.25, -0.2) is 4.98 Å². The Bertz CT molecular complexity index is 1630. The Balaban J connectivity index is 1.71. The van der Waals surface area contributed by atoms with Gasteiger partial charge < -0.3 is 15.0 Å². The highest BCUT2D eigenvalue weighted by Gasteiger charge is 2.34. The molecule has 0 saturated carbocycles. The summed E-state index contributed by atoms with van der Waals surface area (Å²) in [6, 6.07) is 10.9. The molecule has 3 aromatic heterocycles. The molecule has 0 spiro atoms. The van der Waals surface area contributed by atoms with Crippen LogP contribution in [0.5, 0.6) is 5.75 Å². The Morgan fingerprint density at radius 3 is 2.74 bits per heavy atom. The Morgan fingerprint density at radius 1 is 1.23 bits per heavy atom. The Hall–Kier alpha value is -4.18. The number of para-hydroxylation sites is 1. The third kappa shape index (κ3) is 6.12. The minimum atomic E-state index is -4.77. The van der Waals surface area contributed by atoms with Gasteiger partial charge in [0.1, 0.15) is 23.4 Å². The van der Waals surface area contributed by atoms with Crippen LogP contribution in [0.2, 0.25) is 5.02 Å². The molecule has 0 radical (unpaired) electrons. The van der Waals surface area contributed by atoms with E-state index in [-0.39, 0.29) is 13.2 Å². The Morgan fingerprint density at radius 2 is 2.03 bits per heavy atom. The molecule has 39 heavy (non-hydrogen) atoms. The first-order valence-electron chi connectivity index (χ1n) is 12.0. The second-order valence-corrected chi connectivity index (χ2v) is 8.95. The summed E-state index contributed by atoms with van der Waals surface area (Å²) in [7, 11) is 0. The molecule has 0 aliphatic heterocycles. The predicted molar refractivity (Wildman–Crippen MR) is 145 cm³/mol. The van der Waals surface area contributed by atoms with E-state index in [9.17, 15) is 18.0 Å². The smallest absolute Gasteiger partial charge is 0.421 e. The first kappa shape index (κ1) is 27.8. The van der Waals surface area contributed by atoms with Gasteiger partial charge in [0.15, 0.2) is 0 Å². The van der Waals surface area contributed by atoms with E-state index in [1.165, 1.54) is 24.7 Å². The van der Waals surface area contributed by atoms with Crippen molar-refractivity contribution in [1.82, 2.24) is 14.5 Å². The topological polar surface area (TPSA) is 95.4 Å². The predicted octanol–water partition coefficient (Wildman–Crippen LogP) is 5.68. The van der Waals surface area contributed by atoms with Crippen LogP contribution in [-0.2, 0) is 19.3 Å². The summed E-state index contributed by atoms with van der Waals surface area (Å²) in [5, 5.41) is 1.10. The lowest BCUT2D eigenvalue weighted by Crippen LogP contribution is -2.28. The van der Waals surface area contributed by atoms with Crippen molar-refractivity contribution < 1.29 is 17.9 Å². The zero-order valence-corrected chi connectivity index (χ0v) is 21.9. The van der Waals surface area contributed by atoms with Gasteiger partial charge in [0.2, 0.25) is 0 Å². The van der Waals surface area contributed by atoms with Crippen LogP contribution < -0.4 is 16.0 Å². The maximum Gasteiger partial charge on any atom is 0.421 e. The molecule has 0 bridgehead atoms. The summed E-state index contributed by atoms with van der Waals surface area (Å²) in [6.07, 6.45) is 1.08. The van der Waals surface area contributed by atoms with Crippen molar-refractivity contribution >= 4 is 28.2 Å². The van der Waals surface area contributed by atoms with Crippen LogP contribution in [-0.4, -0.2) is 26.8 Å². The van der Waals surface area contributed by atoms with E-state index in [0.29, 0.717) is 39.8 Å². The van der Waals surface area contributed by atoms with Crippen LogP contribution in [0, 0.1) is 6.92 Å². The van der Waals surface area contributed by atoms with Crippen molar-refractivity contribution in [3.8, 4) is 5.75 Å². The maximum atomic E-state index is 13.2. The molecule has 0 aliphatic carbocycles. The van der Waals surface area contributed by atoms with Crippen molar-refractivity contribution in [3.63, 3.8) is 0 Å². The summed E-state index contributed by atoms with van der Waals surface area (Å²) in [5.74, 6) is 0.465. The third-order valence-corrected chi connectivity index (χ3v) is 6.25. The SMILES string of the molecule is CCN=C(/C=C\N)c1cc(C)nc2c(OCc3c(Cl)ccnc3Cn3cccc(C(F)(F)F)c3=O)cccc12. The number of allylic oxidation sites excluding steroid dienone is 1. The fourth-order valence-electron chi connectivity index (χ4n) is 4.15. The fraction of sp³-hybridized carbons (Fsp3) is 0.214. The minimum absolute atomic E-state index is 0.0571. The summed E-state index contributed by atoms with van der Waals surface area (Å²) in [4.78, 5) is 26.0. The molecule has 0 aliphatic rings. The fourth-order valence-corrected chi connectivity index (χ4v) is 4.37. The molecule has 0 fully saturated rings. The van der Waals surface area contributed by atoms with Crippen LogP contribution in [0.4, 0.5) is 13.2 Å². The van der Waals surface area contributed by atoms with E-state index in [1.807, 2.05) is 32.0 Å². The lowest BCUT2D eigenvalue weighted by Gasteiger charge is -2.16. The number of pyridine rings is 3. The molecule has 1 aromatic carbocycles. The molecule has 2 N–H and O–H groups in total. The summed E-state index contributed by atoms with van der Waals surface area (Å²) in [5.41, 5.74) is 6.85. The Kier molecular flexibility index (Phi) is 8.35. The molecule has 3 heterocycles. The first-order chi connectivity index (χ1) is 18.6. The van der Waals surface area contributed by atoms with Gasteiger partial charge in [0.25, 0.3) is 5.56 Å². The number of benzene rings is 1. The van der Waals surface area contributed by atoms with Gasteiger partial charge in [-0.15, -0.1) is 0 Å². The van der Waals surface area contributed by atoms with Crippen LogP contribution in [0.25, 0.3) is 10.9 Å². The van der Waals surface area contributed by atoms with Crippen LogP contribution >= 0.6 is 11.6 Å². The van der Waals surface area contributed by atoms with Crippen LogP contribution in [0.15, 0.2) is 76.9 Å². The van der Waals surface area contributed by atoms with E-state index in [0.717, 1.165) is 27.3 Å². The van der Waals surface area contributed by atoms with Gasteiger partial charge in [-0.1, -0.05) is 23.7 Å². The molecular formula is C28H25ClF3N5O2. The number of aromatic nitrogens is 3. The lowest BCUT2D eigenvalue weighted by molar-refractivity contribution is -0.138. The van der Waals surface area contributed by atoms with Crippen molar-refractivity contribution in [1.29, 1.82) is 0 Å². The van der Waals surface area contributed by atoms with Crippen molar-refractivity contribution in [3.05, 3.63) is 111 Å². The summed E-state index contributed by atoms with van der Waals surface area (Å²) < 4.78 is 46.8. The number of nitrogens with two attached hydrogens (primary N) is 1. The molecule has 4 rings (SSSR count). The van der Waals surface area contributed by atoms with Gasteiger partial charge in [-0.3, -0.25) is 14.8 Å². The highest BCUT2D eigenvalue weighted by atomic mass is 35.5. The van der Waals surface area contributed by atoms with Crippen LogP contribution in [0.1, 0.15) is 35.0 Å². The van der Waals surface area contributed by atoms with E-state index in [4.69, 9.17) is 22.1 Å². The zero-order chi connectivity index (χ0) is 28.2. The van der Waals surface area contributed by atoms with E-state index in [1.54, 1.807) is 18.2 Å². The molecule has 0 unspecified atom stereocenters. The van der Waals surface area contributed by atoms with E-state index in [2.05, 4.69) is 15.0 Å². The largest absolute Gasteiger partial charge is 0.486 e. The second kappa shape index (κ2) is 11.7. The normalized spacial score (nSPS) is 12.4. The molecule has 202 valence electrons. The van der Waals surface area contributed by atoms with Crippen molar-refractivity contribution in [2.75, 3.05) is 6.54 Å². The monoisotopic (exact) mass is 555 g/mol. The maximum absolute atomic E-state index is 13.2. The standard InChI is InChI=1S/C28H25ClF3N5O2/c1-3-34-23(9-11-33)19-14-17(2)36-26-18(19)6-4-8-25(26)39-16-20-22(29)10-12-35-24(20)15-37-13-5-7-21(27(37)38)28(30,31)32/h4-14H,3,15-16,33H2,1-2H3/b11-9-,34-23?. The van der Waals surface area contributed by atoms with Gasteiger partial charge in [-0.2, -0.15) is 13.2 Å². The number of nitrogens with zero attached hydrogens (tertiary/aromatic N) is 4. The second-order valence-electron chi connectivity index (χ2n) is 8.54. The van der Waals surface area contributed by atoms with Crippen LogP contribution in [0.3, 0.4) is 0 Å². The summed E-state index contributed by atoms with van der Waals surface area (Å²) >= 11 is 6.45. The van der Waals surface area contributed by atoms with Gasteiger partial charge in [0, 0.05) is 41.1 Å². The first-order valence-corrected chi connectivity index (χ1v) is 12.4. The average molecular weight is 556 g/mol. The molecule has 4 aromatic rings. The molecule has 0 amide bonds. The number of halogens is 4. The third-order valence-electron chi connectivity index (χ3n) is 5.89. The van der Waals surface area contributed by atoms with E-state index < -0.39 is 17.3 Å². The van der Waals surface area contributed by atoms with Gasteiger partial charge in [0.05, 0.1) is 23.0 Å². The van der Waals surface area contributed by atoms with E-state index >= 15 is 0 Å². The van der Waals surface area contributed by atoms with Gasteiger partial charge >= 0.3 is 6.18 Å². The van der Waals surface area contributed by atoms with Crippen molar-refractivity contribution in [2.24, 2.45) is 10.7 Å². The zero-order valence-electron chi connectivity index (χ0n) is 21.2. The molecule has 11 heteroatoms. The molecule has 0 saturated heterocycles. The van der Waals surface area contributed by atoms with Crippen molar-refractivity contribution in [2.45, 2.75) is 33.2 Å². The number of ether oxygens (including phenoxy) is 1. The van der Waals surface area contributed by atoms with Gasteiger partial charge in [-0.05, 0) is 56.5 Å². The Labute approximate surface area is 227 Å². The molecule has 7 nitrogen and oxygen atoms in total. The highest BCUT2D eigenvalue weighted by molar-refractivity contribution is 6.31. The number of aryl methyl sites for hydroxylation is 1. The quantitative estimate of drug-likeness (QED) is 0.282.